The van der Waals surface area contributed by atoms with Gasteiger partial charge in [-0.05, 0) is 13.3 Å². The summed E-state index contributed by atoms with van der Waals surface area (Å²) in [5, 5.41) is 0. The van der Waals surface area contributed by atoms with Gasteiger partial charge in [0, 0.05) is 6.61 Å². The summed E-state index contributed by atoms with van der Waals surface area (Å²) >= 11 is 0. The van der Waals surface area contributed by atoms with Gasteiger partial charge in [0.2, 0.25) is 0 Å². The number of hydrogen-bond acceptors (Lipinski definition) is 6. The van der Waals surface area contributed by atoms with Crippen molar-refractivity contribution < 1.29 is 18.3 Å². The first-order valence-corrected chi connectivity index (χ1v) is 6.30. The Hall–Kier alpha value is 0.0300. The molecular formula is C8H21N2O4P. The third-order valence-corrected chi connectivity index (χ3v) is 2.54. The molecule has 0 saturated carbocycles. The summed E-state index contributed by atoms with van der Waals surface area (Å²) in [5.41, 5.74) is 11.0. The highest BCUT2D eigenvalue weighted by molar-refractivity contribution is 7.33. The number of hydrogen-bond donors (Lipinski definition) is 2. The summed E-state index contributed by atoms with van der Waals surface area (Å²) in [5.74, 6) is 0. The van der Waals surface area contributed by atoms with Gasteiger partial charge in [0.25, 0.3) is 0 Å². The molecule has 7 heteroatoms. The van der Waals surface area contributed by atoms with Crippen LogP contribution in [0.2, 0.25) is 0 Å². The van der Waals surface area contributed by atoms with Crippen LogP contribution in [0.5, 0.6) is 0 Å². The fourth-order valence-corrected chi connectivity index (χ4v) is 1.53. The van der Waals surface area contributed by atoms with E-state index in [4.69, 9.17) is 25.3 Å². The summed E-state index contributed by atoms with van der Waals surface area (Å²) in [6.07, 6.45) is 0.114. The predicted molar refractivity (Wildman–Crippen MR) is 58.5 cm³/mol. The van der Waals surface area contributed by atoms with Gasteiger partial charge in [0.05, 0.1) is 6.61 Å². The highest BCUT2D eigenvalue weighted by Gasteiger charge is 2.16. The van der Waals surface area contributed by atoms with Crippen LogP contribution in [0, 0.1) is 0 Å². The van der Waals surface area contributed by atoms with E-state index in [1.807, 2.05) is 6.92 Å². The Bertz CT molecular complexity index is 182. The van der Waals surface area contributed by atoms with Crippen LogP contribution >= 0.6 is 8.25 Å². The van der Waals surface area contributed by atoms with E-state index in [2.05, 4.69) is 0 Å². The first-order valence-electron chi connectivity index (χ1n) is 5.08. The summed E-state index contributed by atoms with van der Waals surface area (Å²) in [7, 11) is -2.56. The summed E-state index contributed by atoms with van der Waals surface area (Å²) in [6, 6.07) is 0. The smallest absolute Gasteiger partial charge is 0.320 e. The second-order valence-electron chi connectivity index (χ2n) is 2.95. The zero-order valence-electron chi connectivity index (χ0n) is 9.27. The molecular weight excluding hydrogens is 219 g/mol. The van der Waals surface area contributed by atoms with Gasteiger partial charge < -0.3 is 20.7 Å². The molecule has 0 heterocycles. The molecule has 3 atom stereocenters. The summed E-state index contributed by atoms with van der Waals surface area (Å²) < 4.78 is 25.9. The Morgan fingerprint density at radius 3 is 2.47 bits per heavy atom. The molecule has 6 nitrogen and oxygen atoms in total. The largest absolute Gasteiger partial charge is 0.360 e. The maximum atomic E-state index is 11.2. The lowest BCUT2D eigenvalue weighted by Crippen LogP contribution is -2.44. The maximum Gasteiger partial charge on any atom is 0.320 e. The molecule has 15 heavy (non-hydrogen) atoms. The van der Waals surface area contributed by atoms with E-state index in [9.17, 15) is 4.57 Å². The van der Waals surface area contributed by atoms with Crippen LogP contribution < -0.4 is 11.5 Å². The van der Waals surface area contributed by atoms with Crippen LogP contribution in [0.3, 0.4) is 0 Å². The van der Waals surface area contributed by atoms with E-state index in [1.54, 1.807) is 6.92 Å². The molecule has 0 aromatic rings. The first kappa shape index (κ1) is 15.0. The van der Waals surface area contributed by atoms with Crippen molar-refractivity contribution in [1.29, 1.82) is 0 Å². The van der Waals surface area contributed by atoms with Crippen molar-refractivity contribution in [2.45, 2.75) is 39.1 Å². The molecule has 0 aliphatic carbocycles. The van der Waals surface area contributed by atoms with Crippen LogP contribution in [-0.2, 0) is 18.3 Å². The fourth-order valence-electron chi connectivity index (χ4n) is 0.799. The second kappa shape index (κ2) is 9.27. The van der Waals surface area contributed by atoms with E-state index in [0.717, 1.165) is 12.8 Å². The SMILES string of the molecule is CCCCO[PH](=O)OC(N)C(N)OCC. The van der Waals surface area contributed by atoms with E-state index in [-0.39, 0.29) is 0 Å². The molecule has 0 fully saturated rings. The highest BCUT2D eigenvalue weighted by atomic mass is 31.1. The molecule has 4 N–H and O–H groups in total. The Balaban J connectivity index is 3.65. The van der Waals surface area contributed by atoms with E-state index in [1.165, 1.54) is 0 Å². The molecule has 0 radical (unpaired) electrons. The standard InChI is InChI=1S/C8H21N2O4P/c1-3-5-6-13-15(11)14-8(10)7(9)12-4-2/h7-8,15H,3-6,9-10H2,1-2H3. The highest BCUT2D eigenvalue weighted by Crippen LogP contribution is 2.25. The van der Waals surface area contributed by atoms with Gasteiger partial charge in [-0.2, -0.15) is 0 Å². The number of ether oxygens (including phenoxy) is 1. The first-order chi connectivity index (χ1) is 7.11. The molecule has 92 valence electrons. The monoisotopic (exact) mass is 240 g/mol. The van der Waals surface area contributed by atoms with Crippen molar-refractivity contribution in [1.82, 2.24) is 0 Å². The molecule has 0 spiro atoms. The van der Waals surface area contributed by atoms with Crippen molar-refractivity contribution in [3.05, 3.63) is 0 Å². The zero-order chi connectivity index (χ0) is 11.7. The summed E-state index contributed by atoms with van der Waals surface area (Å²) in [4.78, 5) is 0. The number of unbranched alkanes of at least 4 members (excludes halogenated alkanes) is 1. The minimum absolute atomic E-state index is 0.408. The summed E-state index contributed by atoms with van der Waals surface area (Å²) in [6.45, 7) is 4.63. The normalized spacial score (nSPS) is 17.3. The molecule has 0 aliphatic rings. The topological polar surface area (TPSA) is 96.8 Å². The zero-order valence-corrected chi connectivity index (χ0v) is 10.3. The van der Waals surface area contributed by atoms with Gasteiger partial charge in [0.1, 0.15) is 6.23 Å². The van der Waals surface area contributed by atoms with Gasteiger partial charge in [-0.15, -0.1) is 0 Å². The lowest BCUT2D eigenvalue weighted by molar-refractivity contribution is -0.0167. The van der Waals surface area contributed by atoms with E-state index >= 15 is 0 Å². The molecule has 0 saturated heterocycles. The molecule has 0 aromatic carbocycles. The number of nitrogens with two attached hydrogens (primary N) is 2. The predicted octanol–water partition coefficient (Wildman–Crippen LogP) is 0.815. The number of rotatable bonds is 9. The van der Waals surface area contributed by atoms with Crippen molar-refractivity contribution in [2.24, 2.45) is 11.5 Å². The van der Waals surface area contributed by atoms with E-state index in [0.29, 0.717) is 13.2 Å². The Labute approximate surface area is 91.2 Å². The van der Waals surface area contributed by atoms with Gasteiger partial charge in [-0.25, -0.2) is 0 Å². The van der Waals surface area contributed by atoms with Gasteiger partial charge in [0.15, 0.2) is 6.23 Å². The minimum atomic E-state index is -2.56. The van der Waals surface area contributed by atoms with Crippen LogP contribution in [-0.4, -0.2) is 25.7 Å². The maximum absolute atomic E-state index is 11.2. The third kappa shape index (κ3) is 7.90. The average molecular weight is 240 g/mol. The third-order valence-electron chi connectivity index (χ3n) is 1.63. The van der Waals surface area contributed by atoms with Crippen molar-refractivity contribution >= 4 is 8.25 Å². The van der Waals surface area contributed by atoms with Crippen molar-refractivity contribution in [3.63, 3.8) is 0 Å². The lowest BCUT2D eigenvalue weighted by Gasteiger charge is -2.19. The Morgan fingerprint density at radius 1 is 1.27 bits per heavy atom. The van der Waals surface area contributed by atoms with Crippen LogP contribution in [0.15, 0.2) is 0 Å². The molecule has 0 rings (SSSR count). The van der Waals surface area contributed by atoms with Crippen LogP contribution in [0.4, 0.5) is 0 Å². The second-order valence-corrected chi connectivity index (χ2v) is 3.98. The van der Waals surface area contributed by atoms with E-state index < -0.39 is 20.7 Å². The fraction of sp³-hybridized carbons (Fsp3) is 1.00. The van der Waals surface area contributed by atoms with Crippen molar-refractivity contribution in [3.8, 4) is 0 Å². The van der Waals surface area contributed by atoms with Crippen LogP contribution in [0.25, 0.3) is 0 Å². The molecule has 0 aliphatic heterocycles. The molecule has 0 amide bonds. The molecule has 0 aromatic heterocycles. The van der Waals surface area contributed by atoms with Gasteiger partial charge in [-0.3, -0.25) is 9.09 Å². The molecule has 3 unspecified atom stereocenters. The minimum Gasteiger partial charge on any atom is -0.360 e. The molecule has 0 bridgehead atoms. The van der Waals surface area contributed by atoms with Crippen molar-refractivity contribution in [2.75, 3.05) is 13.2 Å². The Kier molecular flexibility index (Phi) is 9.29. The van der Waals surface area contributed by atoms with Gasteiger partial charge >= 0.3 is 8.25 Å². The average Bonchev–Trinajstić information content (AvgIpc) is 2.18. The Morgan fingerprint density at radius 2 is 1.93 bits per heavy atom. The van der Waals surface area contributed by atoms with Crippen LogP contribution in [0.1, 0.15) is 26.7 Å². The lowest BCUT2D eigenvalue weighted by atomic mass is 10.4. The van der Waals surface area contributed by atoms with Gasteiger partial charge in [-0.1, -0.05) is 13.3 Å². The quantitative estimate of drug-likeness (QED) is 0.352.